The van der Waals surface area contributed by atoms with Gasteiger partial charge in [0.2, 0.25) is 0 Å². The lowest BCUT2D eigenvalue weighted by molar-refractivity contribution is 0.0734. The fourth-order valence-corrected chi connectivity index (χ4v) is 1.99. The van der Waals surface area contributed by atoms with E-state index in [-0.39, 0.29) is 0 Å². The van der Waals surface area contributed by atoms with Crippen LogP contribution in [0.2, 0.25) is 0 Å². The molecule has 0 amide bonds. The van der Waals surface area contributed by atoms with Gasteiger partial charge in [0, 0.05) is 0 Å². The minimum absolute atomic E-state index is 0.411. The van der Waals surface area contributed by atoms with Gasteiger partial charge in [0.15, 0.2) is 0 Å². The molecule has 0 aromatic heterocycles. The monoisotopic (exact) mass is 309 g/mol. The van der Waals surface area contributed by atoms with Gasteiger partial charge in [0.25, 0.3) is 0 Å². The molecule has 23 heavy (non-hydrogen) atoms. The highest BCUT2D eigenvalue weighted by atomic mass is 16.5. The number of nitriles is 1. The molecule has 0 saturated heterocycles. The quantitative estimate of drug-likeness (QED) is 0.433. The van der Waals surface area contributed by atoms with E-state index in [2.05, 4.69) is 6.92 Å². The molecule has 0 N–H and O–H groups in total. The third-order valence-electron chi connectivity index (χ3n) is 3.30. The highest BCUT2D eigenvalue weighted by molar-refractivity contribution is 5.91. The Morgan fingerprint density at radius 1 is 1.00 bits per heavy atom. The summed E-state index contributed by atoms with van der Waals surface area (Å²) in [5.41, 5.74) is 0.977. The van der Waals surface area contributed by atoms with Crippen molar-refractivity contribution < 1.29 is 14.3 Å². The van der Waals surface area contributed by atoms with Crippen LogP contribution in [-0.2, 0) is 0 Å². The molecule has 0 aliphatic carbocycles. The first-order chi connectivity index (χ1) is 11.2. The Kier molecular flexibility index (Phi) is 6.19. The molecule has 118 valence electrons. The molecular formula is C19H19NO3. The first kappa shape index (κ1) is 16.6. The van der Waals surface area contributed by atoms with Crippen molar-refractivity contribution in [3.8, 4) is 17.6 Å². The summed E-state index contributed by atoms with van der Waals surface area (Å²) in [6.45, 7) is 2.83. The fraction of sp³-hybridized carbons (Fsp3) is 0.263. The Bertz CT molecular complexity index is 669. The number of esters is 1. The lowest BCUT2D eigenvalue weighted by atomic mass is 10.2. The summed E-state index contributed by atoms with van der Waals surface area (Å²) in [5, 5.41) is 8.74. The van der Waals surface area contributed by atoms with E-state index in [1.54, 1.807) is 48.5 Å². The Hall–Kier alpha value is -2.80. The summed E-state index contributed by atoms with van der Waals surface area (Å²) in [6, 6.07) is 15.3. The third kappa shape index (κ3) is 5.15. The lowest BCUT2D eigenvalue weighted by Crippen LogP contribution is -2.08. The van der Waals surface area contributed by atoms with Crippen molar-refractivity contribution in [2.45, 2.75) is 26.2 Å². The number of hydrogen-bond donors (Lipinski definition) is 0. The molecule has 2 aromatic rings. The molecule has 4 heteroatoms. The van der Waals surface area contributed by atoms with Crippen molar-refractivity contribution in [3.05, 3.63) is 59.7 Å². The van der Waals surface area contributed by atoms with Crippen LogP contribution in [0.5, 0.6) is 11.5 Å². The first-order valence-corrected chi connectivity index (χ1v) is 7.68. The van der Waals surface area contributed by atoms with Gasteiger partial charge in [-0.25, -0.2) is 4.79 Å². The number of rotatable bonds is 7. The van der Waals surface area contributed by atoms with Crippen molar-refractivity contribution in [2.75, 3.05) is 6.61 Å². The molecule has 2 rings (SSSR count). The van der Waals surface area contributed by atoms with Gasteiger partial charge in [-0.1, -0.05) is 19.8 Å². The minimum atomic E-state index is -0.438. The van der Waals surface area contributed by atoms with E-state index in [1.807, 2.05) is 6.07 Å². The highest BCUT2D eigenvalue weighted by Crippen LogP contribution is 2.16. The van der Waals surface area contributed by atoms with Crippen LogP contribution < -0.4 is 9.47 Å². The maximum absolute atomic E-state index is 12.1. The van der Waals surface area contributed by atoms with Crippen LogP contribution in [0.1, 0.15) is 42.1 Å². The number of ether oxygens (including phenoxy) is 2. The van der Waals surface area contributed by atoms with Crippen molar-refractivity contribution in [2.24, 2.45) is 0 Å². The average molecular weight is 309 g/mol. The van der Waals surface area contributed by atoms with E-state index < -0.39 is 5.97 Å². The summed E-state index contributed by atoms with van der Waals surface area (Å²) in [6.07, 6.45) is 3.33. The Morgan fingerprint density at radius 3 is 2.26 bits per heavy atom. The Balaban J connectivity index is 1.90. The average Bonchev–Trinajstić information content (AvgIpc) is 2.60. The van der Waals surface area contributed by atoms with Gasteiger partial charge in [-0.3, -0.25) is 0 Å². The Labute approximate surface area is 136 Å². The standard InChI is InChI=1S/C19H19NO3/c1-2-3-4-13-22-17-11-7-16(8-12-17)19(21)23-18-9-5-15(14-20)6-10-18/h5-12H,2-4,13H2,1H3. The molecule has 0 saturated carbocycles. The normalized spacial score (nSPS) is 9.91. The minimum Gasteiger partial charge on any atom is -0.494 e. The number of unbranched alkanes of at least 4 members (excludes halogenated alkanes) is 2. The van der Waals surface area contributed by atoms with Crippen LogP contribution >= 0.6 is 0 Å². The summed E-state index contributed by atoms with van der Waals surface area (Å²) in [5.74, 6) is 0.720. The highest BCUT2D eigenvalue weighted by Gasteiger charge is 2.08. The van der Waals surface area contributed by atoms with E-state index in [0.29, 0.717) is 23.5 Å². The maximum Gasteiger partial charge on any atom is 0.343 e. The maximum atomic E-state index is 12.1. The molecular weight excluding hydrogens is 290 g/mol. The predicted molar refractivity (Wildman–Crippen MR) is 87.6 cm³/mol. The number of hydrogen-bond acceptors (Lipinski definition) is 4. The van der Waals surface area contributed by atoms with Gasteiger partial charge >= 0.3 is 5.97 Å². The first-order valence-electron chi connectivity index (χ1n) is 7.68. The second-order valence-corrected chi connectivity index (χ2v) is 5.11. The van der Waals surface area contributed by atoms with E-state index in [1.165, 1.54) is 0 Å². The van der Waals surface area contributed by atoms with Gasteiger partial charge in [0.05, 0.1) is 23.8 Å². The number of carbonyl (C=O) groups is 1. The second-order valence-electron chi connectivity index (χ2n) is 5.11. The molecule has 0 radical (unpaired) electrons. The van der Waals surface area contributed by atoms with Crippen LogP contribution in [0.3, 0.4) is 0 Å². The van der Waals surface area contributed by atoms with Crippen molar-refractivity contribution in [1.82, 2.24) is 0 Å². The van der Waals surface area contributed by atoms with Crippen LogP contribution in [0.25, 0.3) is 0 Å². The van der Waals surface area contributed by atoms with E-state index in [4.69, 9.17) is 14.7 Å². The van der Waals surface area contributed by atoms with Crippen LogP contribution in [0, 0.1) is 11.3 Å². The topological polar surface area (TPSA) is 59.3 Å². The van der Waals surface area contributed by atoms with E-state index in [9.17, 15) is 4.79 Å². The summed E-state index contributed by atoms with van der Waals surface area (Å²) >= 11 is 0. The zero-order valence-corrected chi connectivity index (χ0v) is 13.1. The van der Waals surface area contributed by atoms with Crippen molar-refractivity contribution in [3.63, 3.8) is 0 Å². The van der Waals surface area contributed by atoms with Gasteiger partial charge in [-0.15, -0.1) is 0 Å². The molecule has 0 spiro atoms. The van der Waals surface area contributed by atoms with Gasteiger partial charge in [-0.05, 0) is 55.0 Å². The van der Waals surface area contributed by atoms with Crippen molar-refractivity contribution in [1.29, 1.82) is 5.26 Å². The zero-order chi connectivity index (χ0) is 16.5. The van der Waals surface area contributed by atoms with Gasteiger partial charge in [0.1, 0.15) is 11.5 Å². The molecule has 0 aliphatic rings. The third-order valence-corrected chi connectivity index (χ3v) is 3.30. The van der Waals surface area contributed by atoms with E-state index >= 15 is 0 Å². The molecule has 0 unspecified atom stereocenters. The summed E-state index contributed by atoms with van der Waals surface area (Å²) < 4.78 is 10.9. The van der Waals surface area contributed by atoms with Crippen molar-refractivity contribution >= 4 is 5.97 Å². The van der Waals surface area contributed by atoms with Gasteiger partial charge < -0.3 is 9.47 Å². The van der Waals surface area contributed by atoms with E-state index in [0.717, 1.165) is 25.0 Å². The summed E-state index contributed by atoms with van der Waals surface area (Å²) in [7, 11) is 0. The molecule has 4 nitrogen and oxygen atoms in total. The molecule has 2 aromatic carbocycles. The van der Waals surface area contributed by atoms with Crippen LogP contribution in [0.15, 0.2) is 48.5 Å². The summed E-state index contributed by atoms with van der Waals surface area (Å²) in [4.78, 5) is 12.1. The SMILES string of the molecule is CCCCCOc1ccc(C(=O)Oc2ccc(C#N)cc2)cc1. The molecule has 0 heterocycles. The molecule has 0 atom stereocenters. The largest absolute Gasteiger partial charge is 0.494 e. The molecule has 0 aliphatic heterocycles. The second kappa shape index (κ2) is 8.60. The van der Waals surface area contributed by atoms with Crippen LogP contribution in [0.4, 0.5) is 0 Å². The molecule has 0 bridgehead atoms. The smallest absolute Gasteiger partial charge is 0.343 e. The number of benzene rings is 2. The zero-order valence-electron chi connectivity index (χ0n) is 13.1. The number of carbonyl (C=O) groups excluding carboxylic acids is 1. The van der Waals surface area contributed by atoms with Gasteiger partial charge in [-0.2, -0.15) is 5.26 Å². The number of nitrogens with zero attached hydrogens (tertiary/aromatic N) is 1. The van der Waals surface area contributed by atoms with Crippen LogP contribution in [-0.4, -0.2) is 12.6 Å². The predicted octanol–water partition coefficient (Wildman–Crippen LogP) is 4.35. The Morgan fingerprint density at radius 2 is 1.65 bits per heavy atom. The molecule has 0 fully saturated rings. The fourth-order valence-electron chi connectivity index (χ4n) is 1.99. The lowest BCUT2D eigenvalue weighted by Gasteiger charge is -2.07.